The Morgan fingerprint density at radius 3 is 2.40 bits per heavy atom. The van der Waals surface area contributed by atoms with Crippen LogP contribution < -0.4 is 11.1 Å². The highest BCUT2D eigenvalue weighted by molar-refractivity contribution is 5.82. The maximum Gasteiger partial charge on any atom is 0.403 e. The largest absolute Gasteiger partial charge is 0.403 e. The van der Waals surface area contributed by atoms with Crippen molar-refractivity contribution in [1.29, 1.82) is 0 Å². The molecule has 0 saturated carbocycles. The number of carbonyl (C=O) groups is 1. The Hall–Kier alpha value is -1.56. The maximum absolute atomic E-state index is 13.6. The van der Waals surface area contributed by atoms with E-state index in [0.717, 1.165) is 0 Å². The molecule has 1 aromatic carbocycles. The zero-order valence-corrected chi connectivity index (χ0v) is 10.9. The molecule has 1 aliphatic heterocycles. The normalized spacial score (nSPS) is 22.4. The first-order valence-electron chi connectivity index (χ1n) is 6.49. The molecule has 6 heteroatoms. The summed E-state index contributed by atoms with van der Waals surface area (Å²) in [5.41, 5.74) is 3.16. The van der Waals surface area contributed by atoms with E-state index in [4.69, 9.17) is 5.73 Å². The minimum atomic E-state index is -4.66. The zero-order valence-electron chi connectivity index (χ0n) is 10.9. The molecule has 1 heterocycles. The molecule has 0 aliphatic carbocycles. The average Bonchev–Trinajstić information content (AvgIpc) is 2.89. The Balaban J connectivity index is 2.43. The number of nitrogens with one attached hydrogen (secondary N) is 1. The molecule has 110 valence electrons. The maximum atomic E-state index is 13.6. The first kappa shape index (κ1) is 14.8. The van der Waals surface area contributed by atoms with Crippen LogP contribution in [0.15, 0.2) is 30.3 Å². The first-order valence-corrected chi connectivity index (χ1v) is 6.49. The van der Waals surface area contributed by atoms with Gasteiger partial charge in [-0.2, -0.15) is 13.2 Å². The van der Waals surface area contributed by atoms with Crippen molar-refractivity contribution in [2.24, 2.45) is 17.1 Å². The third-order valence-electron chi connectivity index (χ3n) is 4.03. The molecule has 1 fully saturated rings. The van der Waals surface area contributed by atoms with Crippen LogP contribution in [-0.2, 0) is 11.2 Å². The van der Waals surface area contributed by atoms with E-state index in [1.54, 1.807) is 30.3 Å². The van der Waals surface area contributed by atoms with Crippen LogP contribution in [-0.4, -0.2) is 25.2 Å². The minimum absolute atomic E-state index is 0.162. The summed E-state index contributed by atoms with van der Waals surface area (Å²) < 4.78 is 40.9. The predicted molar refractivity (Wildman–Crippen MR) is 68.8 cm³/mol. The number of alkyl halides is 3. The van der Waals surface area contributed by atoms with E-state index < -0.39 is 29.8 Å². The second-order valence-corrected chi connectivity index (χ2v) is 5.19. The van der Waals surface area contributed by atoms with Gasteiger partial charge in [0.25, 0.3) is 0 Å². The number of hydrogen-bond acceptors (Lipinski definition) is 2. The van der Waals surface area contributed by atoms with E-state index in [2.05, 4.69) is 5.32 Å². The summed E-state index contributed by atoms with van der Waals surface area (Å²) in [6.45, 7) is 0.639. The summed E-state index contributed by atoms with van der Waals surface area (Å²) in [7, 11) is 0. The third kappa shape index (κ3) is 2.52. The molecule has 1 aromatic rings. The number of carbonyl (C=O) groups excluding carboxylic acids is 1. The van der Waals surface area contributed by atoms with Gasteiger partial charge in [0, 0.05) is 0 Å². The van der Waals surface area contributed by atoms with Crippen molar-refractivity contribution in [3.05, 3.63) is 35.9 Å². The summed E-state index contributed by atoms with van der Waals surface area (Å²) in [6.07, 6.45) is -4.76. The molecule has 1 amide bonds. The molecule has 1 saturated heterocycles. The van der Waals surface area contributed by atoms with Crippen molar-refractivity contribution in [1.82, 2.24) is 5.32 Å². The van der Waals surface area contributed by atoms with Crippen LogP contribution in [0.1, 0.15) is 12.0 Å². The molecule has 0 radical (unpaired) electrons. The molecule has 0 bridgehead atoms. The fraction of sp³-hybridized carbons (Fsp3) is 0.500. The fourth-order valence-corrected chi connectivity index (χ4v) is 2.90. The summed E-state index contributed by atoms with van der Waals surface area (Å²) >= 11 is 0. The standard InChI is InChI=1S/C14H17F3N2O/c15-14(16,17)13(12(18)20,11-6-7-19-9-11)8-10-4-2-1-3-5-10/h1-5,11,19H,6-9H2,(H2,18,20). The lowest BCUT2D eigenvalue weighted by atomic mass is 9.69. The lowest BCUT2D eigenvalue weighted by molar-refractivity contribution is -0.234. The number of rotatable bonds is 4. The van der Waals surface area contributed by atoms with Gasteiger partial charge < -0.3 is 11.1 Å². The summed E-state index contributed by atoms with van der Waals surface area (Å²) in [4.78, 5) is 11.7. The summed E-state index contributed by atoms with van der Waals surface area (Å²) in [5, 5.41) is 2.88. The number of amides is 1. The predicted octanol–water partition coefficient (Wildman–Crippen LogP) is 1.87. The molecule has 3 N–H and O–H groups in total. The number of primary amides is 1. The van der Waals surface area contributed by atoms with E-state index in [1.165, 1.54) is 0 Å². The van der Waals surface area contributed by atoms with Crippen LogP contribution in [0.4, 0.5) is 13.2 Å². The van der Waals surface area contributed by atoms with Crippen LogP contribution in [0.2, 0.25) is 0 Å². The topological polar surface area (TPSA) is 55.1 Å². The van der Waals surface area contributed by atoms with Crippen molar-refractivity contribution in [3.63, 3.8) is 0 Å². The first-order chi connectivity index (χ1) is 9.38. The van der Waals surface area contributed by atoms with Gasteiger partial charge >= 0.3 is 6.18 Å². The second-order valence-electron chi connectivity index (χ2n) is 5.19. The molecule has 2 unspecified atom stereocenters. The quantitative estimate of drug-likeness (QED) is 0.888. The Kier molecular flexibility index (Phi) is 4.04. The van der Waals surface area contributed by atoms with Crippen LogP contribution in [0, 0.1) is 11.3 Å². The Bertz CT molecular complexity index is 469. The number of halogens is 3. The van der Waals surface area contributed by atoms with E-state index in [1.807, 2.05) is 0 Å². The molecule has 2 atom stereocenters. The van der Waals surface area contributed by atoms with Crippen molar-refractivity contribution >= 4 is 5.91 Å². The molecule has 20 heavy (non-hydrogen) atoms. The average molecular weight is 286 g/mol. The lowest BCUT2D eigenvalue weighted by Crippen LogP contribution is -2.55. The van der Waals surface area contributed by atoms with Gasteiger partial charge in [-0.15, -0.1) is 0 Å². The van der Waals surface area contributed by atoms with E-state index in [0.29, 0.717) is 18.5 Å². The van der Waals surface area contributed by atoms with Crippen LogP contribution in [0.25, 0.3) is 0 Å². The number of benzene rings is 1. The zero-order chi connectivity index (χ0) is 14.8. The van der Waals surface area contributed by atoms with E-state index >= 15 is 0 Å². The van der Waals surface area contributed by atoms with Crippen LogP contribution in [0.3, 0.4) is 0 Å². The van der Waals surface area contributed by atoms with Gasteiger partial charge in [0.15, 0.2) is 5.41 Å². The highest BCUT2D eigenvalue weighted by Crippen LogP contribution is 2.48. The second kappa shape index (κ2) is 5.44. The summed E-state index contributed by atoms with van der Waals surface area (Å²) in [6, 6.07) is 8.21. The Morgan fingerprint density at radius 1 is 1.30 bits per heavy atom. The van der Waals surface area contributed by atoms with Crippen molar-refractivity contribution < 1.29 is 18.0 Å². The molecule has 0 spiro atoms. The SMILES string of the molecule is NC(=O)C(Cc1ccccc1)(C1CCNC1)C(F)(F)F. The summed E-state index contributed by atoms with van der Waals surface area (Å²) in [5.74, 6) is -2.11. The fourth-order valence-electron chi connectivity index (χ4n) is 2.90. The van der Waals surface area contributed by atoms with Crippen molar-refractivity contribution in [3.8, 4) is 0 Å². The highest BCUT2D eigenvalue weighted by atomic mass is 19.4. The van der Waals surface area contributed by atoms with Crippen molar-refractivity contribution in [2.45, 2.75) is 19.0 Å². The van der Waals surface area contributed by atoms with Gasteiger partial charge in [-0.3, -0.25) is 4.79 Å². The number of hydrogen-bond donors (Lipinski definition) is 2. The van der Waals surface area contributed by atoms with E-state index in [-0.39, 0.29) is 6.54 Å². The number of nitrogens with two attached hydrogens (primary N) is 1. The molecule has 3 nitrogen and oxygen atoms in total. The highest BCUT2D eigenvalue weighted by Gasteiger charge is 2.63. The van der Waals surface area contributed by atoms with Crippen LogP contribution >= 0.6 is 0 Å². The van der Waals surface area contributed by atoms with Crippen molar-refractivity contribution in [2.75, 3.05) is 13.1 Å². The molecule has 2 rings (SSSR count). The van der Waals surface area contributed by atoms with Gasteiger partial charge in [-0.05, 0) is 37.4 Å². The van der Waals surface area contributed by atoms with Gasteiger partial charge in [-0.1, -0.05) is 30.3 Å². The lowest BCUT2D eigenvalue weighted by Gasteiger charge is -2.37. The van der Waals surface area contributed by atoms with Gasteiger partial charge in [-0.25, -0.2) is 0 Å². The third-order valence-corrected chi connectivity index (χ3v) is 4.03. The molecular weight excluding hydrogens is 269 g/mol. The Labute approximate surface area is 115 Å². The molecule has 0 aromatic heterocycles. The van der Waals surface area contributed by atoms with Gasteiger partial charge in [0.2, 0.25) is 5.91 Å². The van der Waals surface area contributed by atoms with Crippen LogP contribution in [0.5, 0.6) is 0 Å². The molecule has 1 aliphatic rings. The monoisotopic (exact) mass is 286 g/mol. The smallest absolute Gasteiger partial charge is 0.369 e. The minimum Gasteiger partial charge on any atom is -0.369 e. The van der Waals surface area contributed by atoms with Gasteiger partial charge in [0.1, 0.15) is 0 Å². The molecular formula is C14H17F3N2O. The Morgan fingerprint density at radius 2 is 1.95 bits per heavy atom. The van der Waals surface area contributed by atoms with E-state index in [9.17, 15) is 18.0 Å². The van der Waals surface area contributed by atoms with Gasteiger partial charge in [0.05, 0.1) is 0 Å².